The van der Waals surface area contributed by atoms with Crippen LogP contribution in [0, 0.1) is 5.41 Å². The van der Waals surface area contributed by atoms with E-state index in [1.807, 2.05) is 30.3 Å². The summed E-state index contributed by atoms with van der Waals surface area (Å²) in [7, 11) is 0. The molecule has 76 valence electrons. The van der Waals surface area contributed by atoms with E-state index >= 15 is 0 Å². The minimum atomic E-state index is -0.716. The Morgan fingerprint density at radius 1 is 1.43 bits per heavy atom. The van der Waals surface area contributed by atoms with Crippen molar-refractivity contribution in [3.63, 3.8) is 0 Å². The molecular weight excluding hydrogens is 176 g/mol. The highest BCUT2D eigenvalue weighted by atomic mass is 16.3. The van der Waals surface area contributed by atoms with Crippen LogP contribution >= 0.6 is 0 Å². The summed E-state index contributed by atoms with van der Waals surface area (Å²) in [6.07, 6.45) is 0.871. The third-order valence-corrected chi connectivity index (χ3v) is 2.55. The van der Waals surface area contributed by atoms with Crippen LogP contribution in [0.2, 0.25) is 0 Å². The second kappa shape index (κ2) is 4.40. The topological polar surface area (TPSA) is 40.5 Å². The van der Waals surface area contributed by atoms with Crippen LogP contribution < -0.4 is 0 Å². The van der Waals surface area contributed by atoms with Crippen molar-refractivity contribution in [2.75, 3.05) is 6.61 Å². The lowest BCUT2D eigenvalue weighted by molar-refractivity contribution is 0.0270. The molecule has 1 rings (SSSR count). The van der Waals surface area contributed by atoms with Gasteiger partial charge in [-0.1, -0.05) is 43.3 Å². The van der Waals surface area contributed by atoms with Crippen LogP contribution in [-0.2, 0) is 0 Å². The highest BCUT2D eigenvalue weighted by Crippen LogP contribution is 2.33. The molecule has 2 N–H and O–H groups in total. The molecule has 0 aromatic heterocycles. The third kappa shape index (κ3) is 2.03. The molecule has 1 aromatic rings. The minimum Gasteiger partial charge on any atom is -0.395 e. The summed E-state index contributed by atoms with van der Waals surface area (Å²) in [6.45, 7) is 5.29. The molecule has 0 bridgehead atoms. The van der Waals surface area contributed by atoms with E-state index in [-0.39, 0.29) is 6.61 Å². The fourth-order valence-corrected chi connectivity index (χ4v) is 1.28. The number of hydrogen-bond donors (Lipinski definition) is 2. The normalized spacial score (nSPS) is 17.1. The average Bonchev–Trinajstić information content (AvgIpc) is 2.28. The van der Waals surface area contributed by atoms with Crippen molar-refractivity contribution >= 4 is 0 Å². The summed E-state index contributed by atoms with van der Waals surface area (Å²) >= 11 is 0. The number of hydrogen-bond acceptors (Lipinski definition) is 2. The molecule has 0 amide bonds. The maximum Gasteiger partial charge on any atom is 0.0899 e. The predicted octanol–water partition coefficient (Wildman–Crippen LogP) is 1.90. The Balaban J connectivity index is 2.94. The van der Waals surface area contributed by atoms with E-state index in [0.29, 0.717) is 0 Å². The Morgan fingerprint density at radius 2 is 2.00 bits per heavy atom. The molecule has 1 aromatic carbocycles. The Kier molecular flexibility index (Phi) is 3.44. The number of rotatable bonds is 4. The van der Waals surface area contributed by atoms with Crippen LogP contribution in [0.1, 0.15) is 18.6 Å². The van der Waals surface area contributed by atoms with E-state index in [1.54, 1.807) is 13.0 Å². The van der Waals surface area contributed by atoms with Crippen molar-refractivity contribution in [2.24, 2.45) is 5.41 Å². The van der Waals surface area contributed by atoms with Gasteiger partial charge in [-0.05, 0) is 5.56 Å². The van der Waals surface area contributed by atoms with E-state index in [2.05, 4.69) is 6.58 Å². The maximum atomic E-state index is 10.0. The largest absolute Gasteiger partial charge is 0.395 e. The summed E-state index contributed by atoms with van der Waals surface area (Å²) in [5, 5.41) is 19.2. The van der Waals surface area contributed by atoms with Crippen LogP contribution in [0.4, 0.5) is 0 Å². The van der Waals surface area contributed by atoms with Crippen molar-refractivity contribution in [3.8, 4) is 0 Å². The van der Waals surface area contributed by atoms with Crippen LogP contribution in [0.3, 0.4) is 0 Å². The summed E-state index contributed by atoms with van der Waals surface area (Å²) < 4.78 is 0. The van der Waals surface area contributed by atoms with Gasteiger partial charge in [-0.2, -0.15) is 0 Å². The van der Waals surface area contributed by atoms with Crippen LogP contribution in [0.15, 0.2) is 43.0 Å². The van der Waals surface area contributed by atoms with Gasteiger partial charge in [0, 0.05) is 5.41 Å². The fourth-order valence-electron chi connectivity index (χ4n) is 1.28. The second-order valence-corrected chi connectivity index (χ2v) is 3.68. The molecule has 0 saturated carbocycles. The molecule has 0 saturated heterocycles. The molecule has 14 heavy (non-hydrogen) atoms. The molecule has 0 spiro atoms. The first kappa shape index (κ1) is 11.0. The van der Waals surface area contributed by atoms with Crippen LogP contribution in [0.25, 0.3) is 0 Å². The van der Waals surface area contributed by atoms with Crippen molar-refractivity contribution in [2.45, 2.75) is 13.0 Å². The van der Waals surface area contributed by atoms with Crippen LogP contribution in [-0.4, -0.2) is 16.8 Å². The van der Waals surface area contributed by atoms with Gasteiger partial charge in [0.1, 0.15) is 0 Å². The first-order valence-corrected chi connectivity index (χ1v) is 4.61. The third-order valence-electron chi connectivity index (χ3n) is 2.55. The zero-order valence-corrected chi connectivity index (χ0v) is 8.35. The first-order chi connectivity index (χ1) is 6.64. The van der Waals surface area contributed by atoms with Gasteiger partial charge in [-0.3, -0.25) is 0 Å². The van der Waals surface area contributed by atoms with Gasteiger partial charge in [-0.25, -0.2) is 0 Å². The number of aliphatic hydroxyl groups is 2. The summed E-state index contributed by atoms with van der Waals surface area (Å²) in [5.41, 5.74) is 0.116. The zero-order chi connectivity index (χ0) is 10.6. The van der Waals surface area contributed by atoms with Gasteiger partial charge in [0.25, 0.3) is 0 Å². The predicted molar refractivity (Wildman–Crippen MR) is 56.8 cm³/mol. The van der Waals surface area contributed by atoms with Gasteiger partial charge in [0.2, 0.25) is 0 Å². The monoisotopic (exact) mass is 192 g/mol. The van der Waals surface area contributed by atoms with Crippen molar-refractivity contribution in [1.82, 2.24) is 0 Å². The Hall–Kier alpha value is -1.12. The SMILES string of the molecule is C=C[C@@](C)(CO)[C@@H](O)c1ccccc1. The Labute approximate surface area is 84.5 Å². The minimum absolute atomic E-state index is 0.118. The summed E-state index contributed by atoms with van der Waals surface area (Å²) in [4.78, 5) is 0. The van der Waals surface area contributed by atoms with E-state index < -0.39 is 11.5 Å². The van der Waals surface area contributed by atoms with E-state index in [0.717, 1.165) is 5.56 Å². The fraction of sp³-hybridized carbons (Fsp3) is 0.333. The van der Waals surface area contributed by atoms with Crippen molar-refractivity contribution in [1.29, 1.82) is 0 Å². The van der Waals surface area contributed by atoms with E-state index in [1.165, 1.54) is 0 Å². The molecule has 0 radical (unpaired) electrons. The number of aliphatic hydroxyl groups excluding tert-OH is 2. The van der Waals surface area contributed by atoms with Gasteiger partial charge in [0.05, 0.1) is 12.7 Å². The highest BCUT2D eigenvalue weighted by Gasteiger charge is 2.30. The van der Waals surface area contributed by atoms with Crippen molar-refractivity contribution in [3.05, 3.63) is 48.6 Å². The molecule has 0 heterocycles. The molecule has 0 aliphatic heterocycles. The summed E-state index contributed by atoms with van der Waals surface area (Å²) in [5.74, 6) is 0. The molecule has 2 nitrogen and oxygen atoms in total. The second-order valence-electron chi connectivity index (χ2n) is 3.68. The van der Waals surface area contributed by atoms with Gasteiger partial charge >= 0.3 is 0 Å². The lowest BCUT2D eigenvalue weighted by Crippen LogP contribution is -2.27. The van der Waals surface area contributed by atoms with Gasteiger partial charge in [-0.15, -0.1) is 6.58 Å². The quantitative estimate of drug-likeness (QED) is 0.715. The van der Waals surface area contributed by atoms with Gasteiger partial charge in [0.15, 0.2) is 0 Å². The van der Waals surface area contributed by atoms with Gasteiger partial charge < -0.3 is 10.2 Å². The number of benzene rings is 1. The standard InChI is InChI=1S/C12H16O2/c1-3-12(2,9-13)11(14)10-7-5-4-6-8-10/h3-8,11,13-14H,1,9H2,2H3/t11-,12-/m0/s1. The molecular formula is C12H16O2. The smallest absolute Gasteiger partial charge is 0.0899 e. The average molecular weight is 192 g/mol. The molecule has 0 unspecified atom stereocenters. The molecule has 2 atom stereocenters. The first-order valence-electron chi connectivity index (χ1n) is 4.61. The summed E-state index contributed by atoms with van der Waals surface area (Å²) in [6, 6.07) is 9.28. The lowest BCUT2D eigenvalue weighted by atomic mass is 9.82. The molecule has 0 aliphatic carbocycles. The Bertz CT molecular complexity index is 294. The molecule has 2 heteroatoms. The van der Waals surface area contributed by atoms with Crippen LogP contribution in [0.5, 0.6) is 0 Å². The Morgan fingerprint density at radius 3 is 2.43 bits per heavy atom. The lowest BCUT2D eigenvalue weighted by Gasteiger charge is -2.29. The molecule has 0 fully saturated rings. The maximum absolute atomic E-state index is 10.0. The molecule has 0 aliphatic rings. The van der Waals surface area contributed by atoms with Crippen molar-refractivity contribution < 1.29 is 10.2 Å². The van der Waals surface area contributed by atoms with E-state index in [4.69, 9.17) is 0 Å². The van der Waals surface area contributed by atoms with E-state index in [9.17, 15) is 10.2 Å². The highest BCUT2D eigenvalue weighted by molar-refractivity contribution is 5.21. The zero-order valence-electron chi connectivity index (χ0n) is 8.35.